The Hall–Kier alpha value is -2.78. The maximum atomic E-state index is 12.4. The van der Waals surface area contributed by atoms with Gasteiger partial charge >= 0.3 is 12.1 Å². The molecule has 0 bridgehead atoms. The molecule has 0 aliphatic carbocycles. The zero-order valence-corrected chi connectivity index (χ0v) is 19.9. The zero-order chi connectivity index (χ0) is 23.4. The van der Waals surface area contributed by atoms with Crippen molar-refractivity contribution in [3.05, 3.63) is 45.6 Å². The standard InChI is InChI=1S/C23H26ClN3O5S/c1-2-31-22(29)15-4-3-11-26(13-15)16-5-7-17(8-6-16)27-14-18(32-23(27)30)12-25-21(28)19-9-10-20(24)33-19/h5-10,15,18H,2-4,11-14H2,1H3,(H,25,28)/t15?,18-/m0/s1. The molecule has 2 aliphatic heterocycles. The molecule has 0 spiro atoms. The molecule has 1 aromatic carbocycles. The van der Waals surface area contributed by atoms with E-state index in [0.29, 0.717) is 28.9 Å². The number of rotatable bonds is 7. The summed E-state index contributed by atoms with van der Waals surface area (Å²) in [5, 5.41) is 2.79. The van der Waals surface area contributed by atoms with Gasteiger partial charge in [-0.2, -0.15) is 0 Å². The molecule has 8 nitrogen and oxygen atoms in total. The van der Waals surface area contributed by atoms with Gasteiger partial charge in [0.15, 0.2) is 0 Å². The van der Waals surface area contributed by atoms with Crippen LogP contribution in [0, 0.1) is 5.92 Å². The summed E-state index contributed by atoms with van der Waals surface area (Å²) in [6.07, 6.45) is 0.879. The normalized spacial score (nSPS) is 20.5. The van der Waals surface area contributed by atoms with E-state index < -0.39 is 12.2 Å². The monoisotopic (exact) mass is 491 g/mol. The molecule has 2 amide bonds. The molecule has 2 atom stereocenters. The molecule has 2 aromatic rings. The molecule has 33 heavy (non-hydrogen) atoms. The Morgan fingerprint density at radius 2 is 1.94 bits per heavy atom. The summed E-state index contributed by atoms with van der Waals surface area (Å²) in [6, 6.07) is 11.0. The molecule has 2 saturated heterocycles. The van der Waals surface area contributed by atoms with Gasteiger partial charge in [-0.15, -0.1) is 11.3 Å². The first kappa shape index (κ1) is 23.4. The van der Waals surface area contributed by atoms with Crippen molar-refractivity contribution in [3.8, 4) is 0 Å². The number of carbonyl (C=O) groups is 3. The van der Waals surface area contributed by atoms with Crippen molar-refractivity contribution in [2.24, 2.45) is 5.92 Å². The highest BCUT2D eigenvalue weighted by Gasteiger charge is 2.33. The molecule has 10 heteroatoms. The minimum Gasteiger partial charge on any atom is -0.466 e. The lowest BCUT2D eigenvalue weighted by Crippen LogP contribution is -2.39. The van der Waals surface area contributed by atoms with E-state index in [-0.39, 0.29) is 24.3 Å². The van der Waals surface area contributed by atoms with Crippen LogP contribution in [0.4, 0.5) is 16.2 Å². The summed E-state index contributed by atoms with van der Waals surface area (Å²) < 4.78 is 11.1. The molecule has 1 aromatic heterocycles. The van der Waals surface area contributed by atoms with Crippen molar-refractivity contribution in [2.45, 2.75) is 25.9 Å². The first-order valence-corrected chi connectivity index (χ1v) is 12.2. The number of anilines is 2. The number of benzene rings is 1. The number of amides is 2. The van der Waals surface area contributed by atoms with Crippen LogP contribution in [0.1, 0.15) is 29.4 Å². The van der Waals surface area contributed by atoms with Crippen LogP contribution < -0.4 is 15.1 Å². The first-order valence-electron chi connectivity index (χ1n) is 11.0. The number of carbonyl (C=O) groups excluding carboxylic acids is 3. The van der Waals surface area contributed by atoms with E-state index >= 15 is 0 Å². The number of hydrogen-bond donors (Lipinski definition) is 1. The fraction of sp³-hybridized carbons (Fsp3) is 0.435. The number of piperidine rings is 1. The van der Waals surface area contributed by atoms with E-state index in [9.17, 15) is 14.4 Å². The van der Waals surface area contributed by atoms with Gasteiger partial charge in [-0.1, -0.05) is 11.6 Å². The lowest BCUT2D eigenvalue weighted by molar-refractivity contribution is -0.148. The van der Waals surface area contributed by atoms with Gasteiger partial charge < -0.3 is 19.7 Å². The Morgan fingerprint density at radius 1 is 1.18 bits per heavy atom. The van der Waals surface area contributed by atoms with Gasteiger partial charge in [0, 0.05) is 24.5 Å². The summed E-state index contributed by atoms with van der Waals surface area (Å²) in [5.74, 6) is -0.500. The molecular weight excluding hydrogens is 466 g/mol. The van der Waals surface area contributed by atoms with Crippen LogP contribution in [0.5, 0.6) is 0 Å². The summed E-state index contributed by atoms with van der Waals surface area (Å²) in [5.41, 5.74) is 1.72. The first-order chi connectivity index (χ1) is 15.9. The minimum absolute atomic E-state index is 0.117. The third kappa shape index (κ3) is 5.59. The van der Waals surface area contributed by atoms with Crippen molar-refractivity contribution < 1.29 is 23.9 Å². The summed E-state index contributed by atoms with van der Waals surface area (Å²) in [7, 11) is 0. The largest absolute Gasteiger partial charge is 0.466 e. The van der Waals surface area contributed by atoms with Crippen LogP contribution in [-0.2, 0) is 14.3 Å². The van der Waals surface area contributed by atoms with E-state index in [0.717, 1.165) is 30.8 Å². The van der Waals surface area contributed by atoms with Gasteiger partial charge in [-0.05, 0) is 56.2 Å². The van der Waals surface area contributed by atoms with E-state index in [1.807, 2.05) is 31.2 Å². The molecule has 2 fully saturated rings. The van der Waals surface area contributed by atoms with Gasteiger partial charge in [0.2, 0.25) is 0 Å². The van der Waals surface area contributed by atoms with Crippen LogP contribution in [0.2, 0.25) is 4.34 Å². The van der Waals surface area contributed by atoms with Crippen LogP contribution in [0.15, 0.2) is 36.4 Å². The maximum Gasteiger partial charge on any atom is 0.414 e. The molecule has 0 radical (unpaired) electrons. The van der Waals surface area contributed by atoms with E-state index in [1.165, 1.54) is 11.3 Å². The second kappa shape index (κ2) is 10.4. The Balaban J connectivity index is 1.32. The number of hydrogen-bond acceptors (Lipinski definition) is 7. The average Bonchev–Trinajstić information content (AvgIpc) is 3.43. The Kier molecular flexibility index (Phi) is 7.39. The van der Waals surface area contributed by atoms with Crippen molar-refractivity contribution in [1.82, 2.24) is 5.32 Å². The number of nitrogens with zero attached hydrogens (tertiary/aromatic N) is 2. The molecule has 0 saturated carbocycles. The van der Waals surface area contributed by atoms with Crippen molar-refractivity contribution in [2.75, 3.05) is 42.6 Å². The van der Waals surface area contributed by atoms with Gasteiger partial charge in [0.25, 0.3) is 5.91 Å². The fourth-order valence-corrected chi connectivity index (χ4v) is 5.04. The number of esters is 1. The molecule has 1 unspecified atom stereocenters. The van der Waals surface area contributed by atoms with Crippen molar-refractivity contribution >= 4 is 52.3 Å². The smallest absolute Gasteiger partial charge is 0.414 e. The molecule has 176 valence electrons. The second-order valence-corrected chi connectivity index (χ2v) is 9.70. The van der Waals surface area contributed by atoms with Gasteiger partial charge in [-0.25, -0.2) is 4.79 Å². The number of nitrogens with one attached hydrogen (secondary N) is 1. The molecule has 1 N–H and O–H groups in total. The Bertz CT molecular complexity index is 1010. The highest BCUT2D eigenvalue weighted by Crippen LogP contribution is 2.28. The van der Waals surface area contributed by atoms with Crippen LogP contribution >= 0.6 is 22.9 Å². The zero-order valence-electron chi connectivity index (χ0n) is 18.3. The lowest BCUT2D eigenvalue weighted by Gasteiger charge is -2.33. The predicted octanol–water partition coefficient (Wildman–Crippen LogP) is 3.94. The lowest BCUT2D eigenvalue weighted by atomic mass is 9.97. The average molecular weight is 492 g/mol. The van der Waals surface area contributed by atoms with E-state index in [4.69, 9.17) is 21.1 Å². The third-order valence-electron chi connectivity index (χ3n) is 5.73. The third-order valence-corrected chi connectivity index (χ3v) is 6.96. The van der Waals surface area contributed by atoms with Crippen LogP contribution in [-0.4, -0.2) is 56.9 Å². The van der Waals surface area contributed by atoms with E-state index in [2.05, 4.69) is 10.2 Å². The fourth-order valence-electron chi connectivity index (χ4n) is 4.08. The summed E-state index contributed by atoms with van der Waals surface area (Å²) >= 11 is 7.07. The van der Waals surface area contributed by atoms with Gasteiger partial charge in [0.05, 0.1) is 34.8 Å². The molecule has 3 heterocycles. The summed E-state index contributed by atoms with van der Waals surface area (Å²) in [4.78, 5) is 40.9. The SMILES string of the molecule is CCOC(=O)C1CCCN(c2ccc(N3C[C@H](CNC(=O)c4ccc(Cl)s4)OC3=O)cc2)C1. The number of cyclic esters (lactones) is 1. The maximum absolute atomic E-state index is 12.4. The van der Waals surface area contributed by atoms with Crippen LogP contribution in [0.25, 0.3) is 0 Å². The van der Waals surface area contributed by atoms with Crippen molar-refractivity contribution in [1.29, 1.82) is 0 Å². The number of ether oxygens (including phenoxy) is 2. The molecule has 2 aliphatic rings. The minimum atomic E-state index is -0.443. The number of thiophene rings is 1. The highest BCUT2D eigenvalue weighted by molar-refractivity contribution is 7.18. The van der Waals surface area contributed by atoms with Crippen LogP contribution in [0.3, 0.4) is 0 Å². The Labute approximate surface area is 201 Å². The Morgan fingerprint density at radius 3 is 2.64 bits per heavy atom. The van der Waals surface area contributed by atoms with Gasteiger partial charge in [-0.3, -0.25) is 14.5 Å². The molecule has 4 rings (SSSR count). The van der Waals surface area contributed by atoms with Gasteiger partial charge in [0.1, 0.15) is 6.10 Å². The topological polar surface area (TPSA) is 88.2 Å². The number of halogens is 1. The predicted molar refractivity (Wildman–Crippen MR) is 127 cm³/mol. The molecular formula is C23H26ClN3O5S. The quantitative estimate of drug-likeness (QED) is 0.590. The van der Waals surface area contributed by atoms with Crippen molar-refractivity contribution in [3.63, 3.8) is 0 Å². The van der Waals surface area contributed by atoms with E-state index in [1.54, 1.807) is 17.0 Å². The highest BCUT2D eigenvalue weighted by atomic mass is 35.5. The summed E-state index contributed by atoms with van der Waals surface area (Å²) in [6.45, 7) is 4.28. The second-order valence-electron chi connectivity index (χ2n) is 7.98.